The highest BCUT2D eigenvalue weighted by atomic mass is 16.5. The highest BCUT2D eigenvalue weighted by Gasteiger charge is 2.12. The molecule has 0 saturated carbocycles. The van der Waals surface area contributed by atoms with Crippen LogP contribution in [-0.4, -0.2) is 11.6 Å². The van der Waals surface area contributed by atoms with E-state index in [-0.39, 0.29) is 0 Å². The molecule has 0 atom stereocenters. The van der Waals surface area contributed by atoms with Crippen molar-refractivity contribution < 1.29 is 13.9 Å². The van der Waals surface area contributed by atoms with Crippen molar-refractivity contribution in [2.24, 2.45) is 0 Å². The van der Waals surface area contributed by atoms with Gasteiger partial charge in [0, 0.05) is 23.6 Å². The zero-order valence-corrected chi connectivity index (χ0v) is 19.2. The van der Waals surface area contributed by atoms with E-state index in [4.69, 9.17) is 13.9 Å². The number of oxazole rings is 1. The van der Waals surface area contributed by atoms with E-state index >= 15 is 0 Å². The first-order valence-electron chi connectivity index (χ1n) is 11.3. The first-order chi connectivity index (χ1) is 16.2. The summed E-state index contributed by atoms with van der Waals surface area (Å²) >= 11 is 0. The number of aryl methyl sites for hydroxylation is 1. The van der Waals surface area contributed by atoms with Gasteiger partial charge < -0.3 is 13.9 Å². The summed E-state index contributed by atoms with van der Waals surface area (Å²) < 4.78 is 18.1. The van der Waals surface area contributed by atoms with Gasteiger partial charge in [-0.1, -0.05) is 67.6 Å². The monoisotopic (exact) mass is 439 g/mol. The Hall–Kier alpha value is -3.79. The summed E-state index contributed by atoms with van der Waals surface area (Å²) in [7, 11) is 0. The van der Waals surface area contributed by atoms with Crippen molar-refractivity contribution in [3.63, 3.8) is 0 Å². The molecule has 0 aliphatic carbocycles. The van der Waals surface area contributed by atoms with Crippen molar-refractivity contribution in [3.05, 3.63) is 108 Å². The van der Waals surface area contributed by atoms with E-state index in [2.05, 4.69) is 36.2 Å². The predicted octanol–water partition coefficient (Wildman–Crippen LogP) is 7.27. The van der Waals surface area contributed by atoms with E-state index in [1.165, 1.54) is 0 Å². The van der Waals surface area contributed by atoms with Crippen LogP contribution in [0.25, 0.3) is 17.5 Å². The lowest BCUT2D eigenvalue weighted by Crippen LogP contribution is -2.04. The summed E-state index contributed by atoms with van der Waals surface area (Å²) in [6.07, 6.45) is 5.84. The summed E-state index contributed by atoms with van der Waals surface area (Å²) in [6, 6.07) is 26.1. The molecule has 4 nitrogen and oxygen atoms in total. The Balaban J connectivity index is 1.43. The van der Waals surface area contributed by atoms with Gasteiger partial charge in [0.2, 0.25) is 5.89 Å². The lowest BCUT2D eigenvalue weighted by molar-refractivity contribution is 0.295. The molecule has 168 valence electrons. The molecule has 0 radical (unpaired) electrons. The maximum absolute atomic E-state index is 6.19. The Kier molecular flexibility index (Phi) is 7.60. The highest BCUT2D eigenvalue weighted by Crippen LogP contribution is 2.28. The molecule has 3 aromatic carbocycles. The summed E-state index contributed by atoms with van der Waals surface area (Å²) in [5.41, 5.74) is 4.05. The van der Waals surface area contributed by atoms with E-state index in [9.17, 15) is 0 Å². The van der Waals surface area contributed by atoms with Crippen LogP contribution in [0.4, 0.5) is 0 Å². The van der Waals surface area contributed by atoms with Crippen LogP contribution in [0.2, 0.25) is 0 Å². The Morgan fingerprint density at radius 2 is 1.67 bits per heavy atom. The van der Waals surface area contributed by atoms with Gasteiger partial charge in [0.15, 0.2) is 0 Å². The number of rotatable bonds is 10. The van der Waals surface area contributed by atoms with Gasteiger partial charge in [-0.15, -0.1) is 0 Å². The molecular weight excluding hydrogens is 410 g/mol. The van der Waals surface area contributed by atoms with Gasteiger partial charge in [0.25, 0.3) is 0 Å². The molecule has 0 saturated heterocycles. The number of allylic oxidation sites excluding steroid dienone is 1. The molecule has 0 aliphatic heterocycles. The molecule has 4 heteroatoms. The molecule has 4 rings (SSSR count). The molecule has 0 N–H and O–H groups in total. The number of benzene rings is 3. The molecule has 1 aromatic heterocycles. The fraction of sp³-hybridized carbons (Fsp3) is 0.207. The van der Waals surface area contributed by atoms with Gasteiger partial charge in [-0.2, -0.15) is 0 Å². The van der Waals surface area contributed by atoms with Gasteiger partial charge in [-0.25, -0.2) is 4.98 Å². The average molecular weight is 440 g/mol. The van der Waals surface area contributed by atoms with Crippen molar-refractivity contribution in [1.82, 2.24) is 4.98 Å². The molecule has 4 aromatic rings. The molecule has 33 heavy (non-hydrogen) atoms. The second-order valence-corrected chi connectivity index (χ2v) is 7.77. The fourth-order valence-corrected chi connectivity index (χ4v) is 3.47. The van der Waals surface area contributed by atoms with Crippen LogP contribution >= 0.6 is 0 Å². The third-order valence-electron chi connectivity index (χ3n) is 5.28. The minimum atomic E-state index is 0.497. The van der Waals surface area contributed by atoms with Crippen LogP contribution in [0.1, 0.15) is 35.9 Å². The van der Waals surface area contributed by atoms with E-state index in [0.717, 1.165) is 46.1 Å². The van der Waals surface area contributed by atoms with E-state index in [1.807, 2.05) is 73.7 Å². The van der Waals surface area contributed by atoms with Crippen LogP contribution in [0.15, 0.2) is 89.4 Å². The number of aromatic nitrogens is 1. The number of hydrogen-bond acceptors (Lipinski definition) is 4. The maximum Gasteiger partial charge on any atom is 0.226 e. The molecule has 0 amide bonds. The molecule has 0 aliphatic rings. The Labute approximate surface area is 195 Å². The number of ether oxygens (including phenoxy) is 2. The Bertz CT molecular complexity index is 1180. The van der Waals surface area contributed by atoms with Crippen LogP contribution in [0, 0.1) is 6.92 Å². The normalized spacial score (nSPS) is 11.1. The first-order valence-corrected chi connectivity index (χ1v) is 11.3. The predicted molar refractivity (Wildman–Crippen MR) is 132 cm³/mol. The zero-order chi connectivity index (χ0) is 22.9. The van der Waals surface area contributed by atoms with Gasteiger partial charge in [-0.3, -0.25) is 0 Å². The Morgan fingerprint density at radius 1 is 0.909 bits per heavy atom. The second-order valence-electron chi connectivity index (χ2n) is 7.77. The molecular formula is C29H29NO3. The minimum Gasteiger partial charge on any atom is -0.492 e. The number of nitrogens with zero attached hydrogens (tertiary/aromatic N) is 1. The maximum atomic E-state index is 6.19. The van der Waals surface area contributed by atoms with E-state index in [1.54, 1.807) is 0 Å². The topological polar surface area (TPSA) is 44.5 Å². The SMILES string of the molecule is CC/C=C/c1ccc(OCc2ccccc2)cc1OCCc1nc(-c2ccccc2)oc1C. The molecule has 0 unspecified atom stereocenters. The summed E-state index contributed by atoms with van der Waals surface area (Å²) in [5, 5.41) is 0. The summed E-state index contributed by atoms with van der Waals surface area (Å²) in [5.74, 6) is 3.05. The van der Waals surface area contributed by atoms with Crippen LogP contribution < -0.4 is 9.47 Å². The van der Waals surface area contributed by atoms with Crippen molar-refractivity contribution in [2.75, 3.05) is 6.61 Å². The fourth-order valence-electron chi connectivity index (χ4n) is 3.47. The average Bonchev–Trinajstić information content (AvgIpc) is 3.23. The Morgan fingerprint density at radius 3 is 2.42 bits per heavy atom. The van der Waals surface area contributed by atoms with Crippen molar-refractivity contribution in [2.45, 2.75) is 33.3 Å². The standard InChI is InChI=1S/C29H29NO3/c1-3-4-13-24-16-17-26(32-21-23-11-7-5-8-12-23)20-28(24)31-19-18-27-22(2)33-29(30-27)25-14-9-6-10-15-25/h4-17,20H,3,18-19,21H2,1-2H3/b13-4+. The minimum absolute atomic E-state index is 0.497. The van der Waals surface area contributed by atoms with Crippen molar-refractivity contribution >= 4 is 6.08 Å². The zero-order valence-electron chi connectivity index (χ0n) is 19.2. The lowest BCUT2D eigenvalue weighted by atomic mass is 10.1. The molecule has 1 heterocycles. The molecule has 0 spiro atoms. The summed E-state index contributed by atoms with van der Waals surface area (Å²) in [4.78, 5) is 4.68. The quantitative estimate of drug-likeness (QED) is 0.261. The van der Waals surface area contributed by atoms with E-state index < -0.39 is 0 Å². The lowest BCUT2D eigenvalue weighted by Gasteiger charge is -2.12. The molecule has 0 fully saturated rings. The van der Waals surface area contributed by atoms with Gasteiger partial charge in [-0.05, 0) is 43.2 Å². The van der Waals surface area contributed by atoms with Gasteiger partial charge in [0.1, 0.15) is 23.9 Å². The van der Waals surface area contributed by atoms with Crippen LogP contribution in [0.5, 0.6) is 11.5 Å². The van der Waals surface area contributed by atoms with Crippen LogP contribution in [0.3, 0.4) is 0 Å². The third kappa shape index (κ3) is 6.13. The van der Waals surface area contributed by atoms with Crippen LogP contribution in [-0.2, 0) is 13.0 Å². The van der Waals surface area contributed by atoms with Crippen molar-refractivity contribution in [3.8, 4) is 23.0 Å². The third-order valence-corrected chi connectivity index (χ3v) is 5.28. The van der Waals surface area contributed by atoms with E-state index in [0.29, 0.717) is 25.5 Å². The largest absolute Gasteiger partial charge is 0.492 e. The van der Waals surface area contributed by atoms with Crippen molar-refractivity contribution in [1.29, 1.82) is 0 Å². The highest BCUT2D eigenvalue weighted by molar-refractivity contribution is 5.59. The summed E-state index contributed by atoms with van der Waals surface area (Å²) in [6.45, 7) is 5.08. The van der Waals surface area contributed by atoms with Gasteiger partial charge in [0.05, 0.1) is 12.3 Å². The second kappa shape index (κ2) is 11.2. The molecule has 0 bridgehead atoms. The smallest absolute Gasteiger partial charge is 0.226 e. The first kappa shape index (κ1) is 22.4. The van der Waals surface area contributed by atoms with Gasteiger partial charge >= 0.3 is 0 Å². The number of hydrogen-bond donors (Lipinski definition) is 0.